The van der Waals surface area contributed by atoms with Crippen molar-refractivity contribution in [2.45, 2.75) is 12.8 Å². The van der Waals surface area contributed by atoms with Crippen molar-refractivity contribution in [1.82, 2.24) is 0 Å². The molecule has 0 bridgehead atoms. The van der Waals surface area contributed by atoms with Crippen LogP contribution in [0, 0.1) is 5.82 Å². The van der Waals surface area contributed by atoms with Gasteiger partial charge >= 0.3 is 0 Å². The van der Waals surface area contributed by atoms with Crippen LogP contribution in [0.15, 0.2) is 48.5 Å². The van der Waals surface area contributed by atoms with E-state index >= 15 is 0 Å². The van der Waals surface area contributed by atoms with E-state index in [1.54, 1.807) is 24.3 Å². The average molecular weight is 314 g/mol. The fourth-order valence-corrected chi connectivity index (χ4v) is 2.13. The summed E-state index contributed by atoms with van der Waals surface area (Å²) in [6, 6.07) is 11.5. The predicted octanol–water partition coefficient (Wildman–Crippen LogP) is 3.25. The predicted molar refractivity (Wildman–Crippen MR) is 82.3 cm³/mol. The number of ether oxygens (including phenoxy) is 1. The number of halogens is 1. The second-order valence-electron chi connectivity index (χ2n) is 4.95. The van der Waals surface area contributed by atoms with Crippen LogP contribution in [-0.4, -0.2) is 24.5 Å². The van der Waals surface area contributed by atoms with E-state index in [0.29, 0.717) is 11.3 Å². The Labute approximate surface area is 132 Å². The van der Waals surface area contributed by atoms with E-state index in [4.69, 9.17) is 4.74 Å². The number of benzene rings is 2. The van der Waals surface area contributed by atoms with Gasteiger partial charge in [-0.2, -0.15) is 0 Å². The van der Waals surface area contributed by atoms with Gasteiger partial charge in [0.05, 0.1) is 25.5 Å². The van der Waals surface area contributed by atoms with Crippen LogP contribution in [0.4, 0.5) is 4.39 Å². The molecule has 0 saturated heterocycles. The Bertz CT molecular complexity index is 735. The molecule has 0 aliphatic carbocycles. The maximum absolute atomic E-state index is 12.8. The second-order valence-corrected chi connectivity index (χ2v) is 4.95. The number of hydrogen-bond acceptors (Lipinski definition) is 4. The van der Waals surface area contributed by atoms with Crippen LogP contribution in [0.25, 0.3) is 0 Å². The number of carbonyl (C=O) groups excluding carboxylic acids is 3. The first-order valence-corrected chi connectivity index (χ1v) is 6.98. The summed E-state index contributed by atoms with van der Waals surface area (Å²) in [6.45, 7) is 0. The third-order valence-electron chi connectivity index (χ3n) is 3.29. The Kier molecular flexibility index (Phi) is 5.36. The molecule has 4 nitrogen and oxygen atoms in total. The maximum Gasteiger partial charge on any atom is 0.173 e. The van der Waals surface area contributed by atoms with Crippen molar-refractivity contribution in [3.8, 4) is 5.75 Å². The SMILES string of the molecule is COc1ccccc1C(=O)CC(=O)CC(=O)c1ccc(F)cc1. The number of hydrogen-bond donors (Lipinski definition) is 0. The van der Waals surface area contributed by atoms with Crippen LogP contribution in [0.1, 0.15) is 33.6 Å². The molecule has 0 aliphatic heterocycles. The minimum Gasteiger partial charge on any atom is -0.496 e. The molecule has 0 aliphatic rings. The largest absolute Gasteiger partial charge is 0.496 e. The summed E-state index contributed by atoms with van der Waals surface area (Å²) in [5, 5.41) is 0. The Morgan fingerprint density at radius 3 is 2.17 bits per heavy atom. The van der Waals surface area contributed by atoms with Crippen molar-refractivity contribution in [2.75, 3.05) is 7.11 Å². The highest BCUT2D eigenvalue weighted by Crippen LogP contribution is 2.19. The van der Waals surface area contributed by atoms with Gasteiger partial charge in [0.15, 0.2) is 11.6 Å². The summed E-state index contributed by atoms with van der Waals surface area (Å²) in [4.78, 5) is 36.0. The first kappa shape index (κ1) is 16.5. The van der Waals surface area contributed by atoms with Crippen LogP contribution >= 0.6 is 0 Å². The van der Waals surface area contributed by atoms with Gasteiger partial charge in [-0.3, -0.25) is 14.4 Å². The maximum atomic E-state index is 12.8. The standard InChI is InChI=1S/C18H15FO4/c1-23-18-5-3-2-4-15(18)17(22)11-14(20)10-16(21)12-6-8-13(19)9-7-12/h2-9H,10-11H2,1H3. The third kappa shape index (κ3) is 4.32. The lowest BCUT2D eigenvalue weighted by Gasteiger charge is -2.06. The smallest absolute Gasteiger partial charge is 0.173 e. The third-order valence-corrected chi connectivity index (χ3v) is 3.29. The van der Waals surface area contributed by atoms with Crippen molar-refractivity contribution < 1.29 is 23.5 Å². The summed E-state index contributed by atoms with van der Waals surface area (Å²) in [6.07, 6.45) is -0.778. The molecule has 2 aromatic carbocycles. The van der Waals surface area contributed by atoms with Gasteiger partial charge in [0, 0.05) is 5.56 Å². The number of rotatable bonds is 7. The van der Waals surface area contributed by atoms with Gasteiger partial charge in [-0.15, -0.1) is 0 Å². The Morgan fingerprint density at radius 1 is 0.913 bits per heavy atom. The second kappa shape index (κ2) is 7.45. The van der Waals surface area contributed by atoms with E-state index in [0.717, 1.165) is 12.1 Å². The van der Waals surface area contributed by atoms with Gasteiger partial charge in [-0.05, 0) is 36.4 Å². The van der Waals surface area contributed by atoms with Crippen LogP contribution in [0.3, 0.4) is 0 Å². The quantitative estimate of drug-likeness (QED) is 0.581. The zero-order valence-corrected chi connectivity index (χ0v) is 12.5. The molecule has 0 aromatic heterocycles. The highest BCUT2D eigenvalue weighted by Gasteiger charge is 2.18. The molecular formula is C18H15FO4. The molecule has 0 amide bonds. The van der Waals surface area contributed by atoms with Crippen molar-refractivity contribution >= 4 is 17.3 Å². The van der Waals surface area contributed by atoms with Gasteiger partial charge in [-0.1, -0.05) is 12.1 Å². The van der Waals surface area contributed by atoms with Crippen molar-refractivity contribution in [2.24, 2.45) is 0 Å². The summed E-state index contributed by atoms with van der Waals surface area (Å²) >= 11 is 0. The van der Waals surface area contributed by atoms with Crippen LogP contribution in [0.2, 0.25) is 0 Å². The van der Waals surface area contributed by atoms with Crippen molar-refractivity contribution in [1.29, 1.82) is 0 Å². The molecule has 0 heterocycles. The van der Waals surface area contributed by atoms with E-state index in [-0.39, 0.29) is 12.0 Å². The number of carbonyl (C=O) groups is 3. The molecule has 0 unspecified atom stereocenters. The Hall–Kier alpha value is -2.82. The number of ketones is 3. The molecule has 0 fully saturated rings. The van der Waals surface area contributed by atoms with Crippen molar-refractivity contribution in [3.05, 3.63) is 65.5 Å². The zero-order chi connectivity index (χ0) is 16.8. The van der Waals surface area contributed by atoms with Crippen LogP contribution in [-0.2, 0) is 4.79 Å². The molecule has 0 saturated carbocycles. The summed E-state index contributed by atoms with van der Waals surface area (Å²) in [5.41, 5.74) is 0.544. The summed E-state index contributed by atoms with van der Waals surface area (Å²) < 4.78 is 17.9. The van der Waals surface area contributed by atoms with Gasteiger partial charge in [0.2, 0.25) is 0 Å². The molecular weight excluding hydrogens is 299 g/mol. The molecule has 0 radical (unpaired) electrons. The lowest BCUT2D eigenvalue weighted by molar-refractivity contribution is -0.117. The minimum atomic E-state index is -0.491. The number of Topliss-reactive ketones (excluding diaryl/α,β-unsaturated/α-hetero) is 3. The first-order chi connectivity index (χ1) is 11.0. The van der Waals surface area contributed by atoms with Crippen molar-refractivity contribution in [3.63, 3.8) is 0 Å². The fraction of sp³-hybridized carbons (Fsp3) is 0.167. The highest BCUT2D eigenvalue weighted by molar-refractivity contribution is 6.16. The van der Waals surface area contributed by atoms with Gasteiger partial charge in [0.1, 0.15) is 17.3 Å². The summed E-state index contributed by atoms with van der Waals surface area (Å²) in [7, 11) is 1.44. The summed E-state index contributed by atoms with van der Waals surface area (Å²) in [5.74, 6) is -1.41. The molecule has 0 spiro atoms. The van der Waals surface area contributed by atoms with E-state index in [1.165, 1.54) is 19.2 Å². The molecule has 118 valence electrons. The topological polar surface area (TPSA) is 60.4 Å². The Balaban J connectivity index is 2.00. The molecule has 2 aromatic rings. The molecule has 2 rings (SSSR count). The number of para-hydroxylation sites is 1. The van der Waals surface area contributed by atoms with Gasteiger partial charge in [0.25, 0.3) is 0 Å². The monoisotopic (exact) mass is 314 g/mol. The highest BCUT2D eigenvalue weighted by atomic mass is 19.1. The van der Waals surface area contributed by atoms with E-state index in [2.05, 4.69) is 0 Å². The van der Waals surface area contributed by atoms with Gasteiger partial charge in [-0.25, -0.2) is 4.39 Å². The minimum absolute atomic E-state index is 0.240. The van der Waals surface area contributed by atoms with E-state index < -0.39 is 29.6 Å². The molecule has 0 atom stereocenters. The lowest BCUT2D eigenvalue weighted by atomic mass is 10.00. The first-order valence-electron chi connectivity index (χ1n) is 6.98. The average Bonchev–Trinajstić information content (AvgIpc) is 2.55. The van der Waals surface area contributed by atoms with E-state index in [1.807, 2.05) is 0 Å². The normalized spacial score (nSPS) is 10.2. The van der Waals surface area contributed by atoms with Crippen LogP contribution in [0.5, 0.6) is 5.75 Å². The Morgan fingerprint density at radius 2 is 1.52 bits per heavy atom. The number of methoxy groups -OCH3 is 1. The zero-order valence-electron chi connectivity index (χ0n) is 12.5. The fourth-order valence-electron chi connectivity index (χ4n) is 2.13. The molecule has 23 heavy (non-hydrogen) atoms. The molecule has 0 N–H and O–H groups in total. The van der Waals surface area contributed by atoms with E-state index in [9.17, 15) is 18.8 Å². The van der Waals surface area contributed by atoms with Crippen LogP contribution < -0.4 is 4.74 Å². The lowest BCUT2D eigenvalue weighted by Crippen LogP contribution is -2.13. The molecule has 5 heteroatoms. The van der Waals surface area contributed by atoms with Gasteiger partial charge < -0.3 is 4.74 Å².